The lowest BCUT2D eigenvalue weighted by atomic mass is 9.90. The minimum atomic E-state index is -0.340. The van der Waals surface area contributed by atoms with Crippen molar-refractivity contribution in [1.29, 1.82) is 0 Å². The van der Waals surface area contributed by atoms with Gasteiger partial charge in [-0.05, 0) is 41.5 Å². The number of carbonyl (C=O) groups is 2. The number of ether oxygens (including phenoxy) is 3. The molecule has 0 unspecified atom stereocenters. The van der Waals surface area contributed by atoms with E-state index in [0.29, 0.717) is 22.6 Å². The molecule has 0 aromatic heterocycles. The van der Waals surface area contributed by atoms with E-state index in [1.165, 1.54) is 6.92 Å². The Kier molecular flexibility index (Phi) is 4.07. The Hall–Kier alpha value is -3.34. The van der Waals surface area contributed by atoms with Crippen molar-refractivity contribution in [3.63, 3.8) is 0 Å². The molecule has 1 aliphatic heterocycles. The Morgan fingerprint density at radius 2 is 1.63 bits per heavy atom. The van der Waals surface area contributed by atoms with Crippen LogP contribution in [-0.4, -0.2) is 26.0 Å². The lowest BCUT2D eigenvalue weighted by Crippen LogP contribution is -2.00. The molecule has 3 aromatic rings. The molecule has 136 valence electrons. The molecule has 0 bridgehead atoms. The summed E-state index contributed by atoms with van der Waals surface area (Å²) in [5, 5.41) is 1.79. The fourth-order valence-electron chi connectivity index (χ4n) is 3.52. The van der Waals surface area contributed by atoms with Crippen LogP contribution in [0.25, 0.3) is 21.9 Å². The van der Waals surface area contributed by atoms with Crippen LogP contribution in [0.15, 0.2) is 42.5 Å². The van der Waals surface area contributed by atoms with E-state index in [1.807, 2.05) is 30.3 Å². The van der Waals surface area contributed by atoms with Gasteiger partial charge in [0.05, 0.1) is 19.8 Å². The van der Waals surface area contributed by atoms with Crippen LogP contribution in [0.1, 0.15) is 33.2 Å². The number of rotatable bonds is 4. The highest BCUT2D eigenvalue weighted by Gasteiger charge is 2.28. The molecule has 0 saturated carbocycles. The van der Waals surface area contributed by atoms with Crippen molar-refractivity contribution < 1.29 is 23.8 Å². The zero-order chi connectivity index (χ0) is 19.1. The number of ketones is 1. The van der Waals surface area contributed by atoms with Gasteiger partial charge in [0.25, 0.3) is 0 Å². The lowest BCUT2D eigenvalue weighted by Gasteiger charge is -2.15. The number of cyclic esters (lactones) is 1. The maximum Gasteiger partial charge on any atom is 0.339 e. The van der Waals surface area contributed by atoms with Crippen LogP contribution in [0, 0.1) is 0 Å². The van der Waals surface area contributed by atoms with Gasteiger partial charge >= 0.3 is 5.97 Å². The summed E-state index contributed by atoms with van der Waals surface area (Å²) in [5.74, 6) is 0.855. The summed E-state index contributed by atoms with van der Waals surface area (Å²) >= 11 is 0. The number of carbonyl (C=O) groups excluding carboxylic acids is 2. The van der Waals surface area contributed by atoms with Gasteiger partial charge in [-0.25, -0.2) is 4.79 Å². The van der Waals surface area contributed by atoms with E-state index >= 15 is 0 Å². The minimum absolute atomic E-state index is 0.00415. The predicted molar refractivity (Wildman–Crippen MR) is 102 cm³/mol. The van der Waals surface area contributed by atoms with Crippen LogP contribution in [0.5, 0.6) is 11.5 Å². The van der Waals surface area contributed by atoms with Gasteiger partial charge in [0.2, 0.25) is 0 Å². The Balaban J connectivity index is 2.05. The average molecular weight is 362 g/mol. The van der Waals surface area contributed by atoms with Crippen molar-refractivity contribution in [3.8, 4) is 22.6 Å². The summed E-state index contributed by atoms with van der Waals surface area (Å²) in [6.45, 7) is 1.77. The van der Waals surface area contributed by atoms with Gasteiger partial charge in [-0.15, -0.1) is 0 Å². The molecule has 0 saturated heterocycles. The predicted octanol–water partition coefficient (Wildman–Crippen LogP) is 4.40. The average Bonchev–Trinajstić information content (AvgIpc) is 3.05. The van der Waals surface area contributed by atoms with E-state index in [9.17, 15) is 9.59 Å². The molecule has 0 spiro atoms. The Morgan fingerprint density at radius 3 is 2.26 bits per heavy atom. The quantitative estimate of drug-likeness (QED) is 0.509. The molecular formula is C22H18O5. The van der Waals surface area contributed by atoms with Crippen molar-refractivity contribution in [1.82, 2.24) is 0 Å². The van der Waals surface area contributed by atoms with Crippen molar-refractivity contribution in [2.75, 3.05) is 14.2 Å². The van der Waals surface area contributed by atoms with E-state index in [0.717, 1.165) is 27.5 Å². The van der Waals surface area contributed by atoms with E-state index in [1.54, 1.807) is 26.4 Å². The summed E-state index contributed by atoms with van der Waals surface area (Å²) in [6, 6.07) is 13.0. The summed E-state index contributed by atoms with van der Waals surface area (Å²) < 4.78 is 16.1. The van der Waals surface area contributed by atoms with Crippen LogP contribution in [-0.2, 0) is 11.3 Å². The van der Waals surface area contributed by atoms with E-state index in [4.69, 9.17) is 14.2 Å². The standard InChI is InChI=1S/C22H18O5/c1-12(23)13-4-6-14(7-5-13)20-17-10-19(26-3)18(25-2)9-15(17)8-16-11-27-22(24)21(16)20/h4-10H,11H2,1-3H3. The lowest BCUT2D eigenvalue weighted by molar-refractivity contribution is 0.0535. The van der Waals surface area contributed by atoms with Crippen LogP contribution in [0.2, 0.25) is 0 Å². The van der Waals surface area contributed by atoms with Crippen molar-refractivity contribution in [2.45, 2.75) is 13.5 Å². The molecular weight excluding hydrogens is 344 g/mol. The molecule has 0 fully saturated rings. The molecule has 1 aliphatic rings. The van der Waals surface area contributed by atoms with Crippen molar-refractivity contribution in [3.05, 3.63) is 59.2 Å². The number of hydrogen-bond acceptors (Lipinski definition) is 5. The van der Waals surface area contributed by atoms with Crippen LogP contribution in [0.3, 0.4) is 0 Å². The second-order valence-electron chi connectivity index (χ2n) is 6.42. The molecule has 27 heavy (non-hydrogen) atoms. The molecule has 5 heteroatoms. The molecule has 3 aromatic carbocycles. The molecule has 0 radical (unpaired) electrons. The molecule has 0 aliphatic carbocycles. The fraction of sp³-hybridized carbons (Fsp3) is 0.182. The Labute approximate surface area is 156 Å². The van der Waals surface area contributed by atoms with Gasteiger partial charge in [0, 0.05) is 16.7 Å². The third-order valence-corrected chi connectivity index (χ3v) is 4.87. The molecule has 4 rings (SSSR count). The van der Waals surface area contributed by atoms with Crippen LogP contribution >= 0.6 is 0 Å². The second-order valence-corrected chi connectivity index (χ2v) is 6.42. The molecule has 0 atom stereocenters. The van der Waals surface area contributed by atoms with Gasteiger partial charge in [-0.1, -0.05) is 24.3 Å². The number of methoxy groups -OCH3 is 2. The van der Waals surface area contributed by atoms with Gasteiger partial charge < -0.3 is 14.2 Å². The monoisotopic (exact) mass is 362 g/mol. The number of hydrogen-bond donors (Lipinski definition) is 0. The first-order valence-electron chi connectivity index (χ1n) is 8.53. The topological polar surface area (TPSA) is 61.8 Å². The summed E-state index contributed by atoms with van der Waals surface area (Å²) in [6.07, 6.45) is 0. The first-order chi connectivity index (χ1) is 13.0. The van der Waals surface area contributed by atoms with Gasteiger partial charge in [-0.3, -0.25) is 4.79 Å². The zero-order valence-electron chi connectivity index (χ0n) is 15.3. The van der Waals surface area contributed by atoms with Gasteiger partial charge in [0.1, 0.15) is 6.61 Å². The number of Topliss-reactive ketones (excluding diaryl/α,β-unsaturated/α-hetero) is 1. The molecule has 0 amide bonds. The number of benzene rings is 3. The van der Waals surface area contributed by atoms with Gasteiger partial charge in [-0.2, -0.15) is 0 Å². The zero-order valence-corrected chi connectivity index (χ0v) is 15.3. The van der Waals surface area contributed by atoms with Crippen LogP contribution < -0.4 is 9.47 Å². The highest BCUT2D eigenvalue weighted by atomic mass is 16.5. The Bertz CT molecular complexity index is 1080. The van der Waals surface area contributed by atoms with Crippen molar-refractivity contribution >= 4 is 22.5 Å². The number of fused-ring (bicyclic) bond motifs is 2. The summed E-state index contributed by atoms with van der Waals surface area (Å²) in [5.41, 5.74) is 3.64. The van der Waals surface area contributed by atoms with Gasteiger partial charge in [0.15, 0.2) is 17.3 Å². The maximum absolute atomic E-state index is 12.4. The maximum atomic E-state index is 12.4. The minimum Gasteiger partial charge on any atom is -0.493 e. The first-order valence-corrected chi connectivity index (χ1v) is 8.53. The third kappa shape index (κ3) is 2.72. The summed E-state index contributed by atoms with van der Waals surface area (Å²) in [7, 11) is 3.16. The third-order valence-electron chi connectivity index (χ3n) is 4.87. The first kappa shape index (κ1) is 17.1. The normalized spacial score (nSPS) is 12.6. The number of esters is 1. The second kappa shape index (κ2) is 6.43. The highest BCUT2D eigenvalue weighted by molar-refractivity contribution is 6.11. The fourth-order valence-corrected chi connectivity index (χ4v) is 3.52. The van der Waals surface area contributed by atoms with E-state index < -0.39 is 0 Å². The smallest absolute Gasteiger partial charge is 0.339 e. The largest absolute Gasteiger partial charge is 0.493 e. The van der Waals surface area contributed by atoms with Crippen LogP contribution in [0.4, 0.5) is 0 Å². The highest BCUT2D eigenvalue weighted by Crippen LogP contribution is 2.42. The van der Waals surface area contributed by atoms with E-state index in [2.05, 4.69) is 0 Å². The Morgan fingerprint density at radius 1 is 0.963 bits per heavy atom. The molecule has 1 heterocycles. The molecule has 0 N–H and O–H groups in total. The SMILES string of the molecule is COc1cc2cc3c(c(-c4ccc(C(C)=O)cc4)c2cc1OC)C(=O)OC3. The molecule has 5 nitrogen and oxygen atoms in total. The summed E-state index contributed by atoms with van der Waals surface area (Å²) in [4.78, 5) is 24.0. The van der Waals surface area contributed by atoms with Crippen molar-refractivity contribution in [2.24, 2.45) is 0 Å². The van der Waals surface area contributed by atoms with E-state index in [-0.39, 0.29) is 18.4 Å².